The van der Waals surface area contributed by atoms with Crippen LogP contribution in [-0.2, 0) is 14.1 Å². The van der Waals surface area contributed by atoms with Gasteiger partial charge in [-0.25, -0.2) is 4.79 Å². The lowest BCUT2D eigenvalue weighted by Gasteiger charge is -2.21. The minimum Gasteiger partial charge on any atom is -0.396 e. The zero-order valence-corrected chi connectivity index (χ0v) is 12.0. The van der Waals surface area contributed by atoms with E-state index >= 15 is 0 Å². The topological polar surface area (TPSA) is 105 Å². The van der Waals surface area contributed by atoms with Crippen LogP contribution in [0.2, 0.25) is 0 Å². The molecule has 2 rings (SSSR count). The van der Waals surface area contributed by atoms with Crippen LogP contribution >= 0.6 is 0 Å². The van der Waals surface area contributed by atoms with E-state index in [1.54, 1.807) is 7.05 Å². The second-order valence-corrected chi connectivity index (χ2v) is 5.67. The molecule has 0 saturated carbocycles. The molecule has 0 radical (unpaired) electrons. The molecule has 0 saturated heterocycles. The Morgan fingerprint density at radius 3 is 2.55 bits per heavy atom. The number of aromatic nitrogens is 4. The van der Waals surface area contributed by atoms with Crippen molar-refractivity contribution in [3.8, 4) is 0 Å². The number of nitrogens with one attached hydrogen (secondary N) is 2. The summed E-state index contributed by atoms with van der Waals surface area (Å²) < 4.78 is 2.34. The van der Waals surface area contributed by atoms with Gasteiger partial charge in [-0.3, -0.25) is 13.9 Å². The quantitative estimate of drug-likeness (QED) is 0.693. The van der Waals surface area contributed by atoms with Gasteiger partial charge in [-0.2, -0.15) is 4.98 Å². The van der Waals surface area contributed by atoms with E-state index < -0.39 is 11.2 Å². The standard InChI is InChI=1S/C12H19N5O3/c1-12(2,6-18)5-13-10-14-7-8(15-10)16(3)11(20)17(4)9(7)19/h18H,5-6H2,1-4H3,(H2,13,14,15). The first-order chi connectivity index (χ1) is 9.26. The monoisotopic (exact) mass is 281 g/mol. The van der Waals surface area contributed by atoms with Gasteiger partial charge in [0.2, 0.25) is 5.95 Å². The summed E-state index contributed by atoms with van der Waals surface area (Å²) in [5.74, 6) is 0.403. The molecule has 0 bridgehead atoms. The Morgan fingerprint density at radius 2 is 1.95 bits per heavy atom. The summed E-state index contributed by atoms with van der Waals surface area (Å²) in [6.07, 6.45) is 0. The van der Waals surface area contributed by atoms with Gasteiger partial charge in [-0.1, -0.05) is 13.8 Å². The second-order valence-electron chi connectivity index (χ2n) is 5.67. The number of aryl methyl sites for hydroxylation is 1. The number of anilines is 1. The van der Waals surface area contributed by atoms with E-state index in [0.29, 0.717) is 18.1 Å². The lowest BCUT2D eigenvalue weighted by molar-refractivity contribution is 0.170. The highest BCUT2D eigenvalue weighted by Crippen LogP contribution is 2.15. The zero-order chi connectivity index (χ0) is 15.1. The van der Waals surface area contributed by atoms with Crippen molar-refractivity contribution in [1.82, 2.24) is 19.1 Å². The van der Waals surface area contributed by atoms with Crippen molar-refractivity contribution in [2.45, 2.75) is 13.8 Å². The van der Waals surface area contributed by atoms with Gasteiger partial charge in [0.1, 0.15) is 0 Å². The molecule has 8 nitrogen and oxygen atoms in total. The maximum Gasteiger partial charge on any atom is 0.332 e. The van der Waals surface area contributed by atoms with Crippen molar-refractivity contribution in [1.29, 1.82) is 0 Å². The fraction of sp³-hybridized carbons (Fsp3) is 0.583. The number of hydrogen-bond acceptors (Lipinski definition) is 5. The normalized spacial score (nSPS) is 12.1. The number of aliphatic hydroxyl groups excluding tert-OH is 1. The number of aliphatic hydroxyl groups is 1. The number of imidazole rings is 1. The summed E-state index contributed by atoms with van der Waals surface area (Å²) in [5.41, 5.74) is -0.557. The predicted molar refractivity (Wildman–Crippen MR) is 75.9 cm³/mol. The van der Waals surface area contributed by atoms with Crippen LogP contribution in [0.15, 0.2) is 9.59 Å². The number of aromatic amines is 1. The molecule has 0 aliphatic carbocycles. The number of hydrogen-bond donors (Lipinski definition) is 3. The Bertz CT molecular complexity index is 753. The Hall–Kier alpha value is -2.09. The number of H-pyrrole nitrogens is 1. The third-order valence-corrected chi connectivity index (χ3v) is 3.26. The molecule has 0 fully saturated rings. The molecular formula is C12H19N5O3. The van der Waals surface area contributed by atoms with Crippen molar-refractivity contribution in [2.24, 2.45) is 19.5 Å². The largest absolute Gasteiger partial charge is 0.396 e. The summed E-state index contributed by atoms with van der Waals surface area (Å²) in [7, 11) is 2.99. The number of nitrogens with zero attached hydrogens (tertiary/aromatic N) is 3. The first-order valence-electron chi connectivity index (χ1n) is 6.27. The number of rotatable bonds is 4. The maximum atomic E-state index is 12.0. The SMILES string of the molecule is Cn1c(=O)c2[nH]c(NCC(C)(C)CO)nc2n(C)c1=O. The summed E-state index contributed by atoms with van der Waals surface area (Å²) in [6.45, 7) is 4.31. The molecule has 0 amide bonds. The molecule has 0 unspecified atom stereocenters. The van der Waals surface area contributed by atoms with Crippen LogP contribution in [0.3, 0.4) is 0 Å². The highest BCUT2D eigenvalue weighted by molar-refractivity contribution is 5.72. The minimum absolute atomic E-state index is 0.0283. The molecule has 0 aliphatic heterocycles. The third kappa shape index (κ3) is 2.34. The fourth-order valence-corrected chi connectivity index (χ4v) is 1.79. The molecule has 0 atom stereocenters. The van der Waals surface area contributed by atoms with Crippen LogP contribution in [-0.4, -0.2) is 37.4 Å². The first kappa shape index (κ1) is 14.3. The van der Waals surface area contributed by atoms with E-state index in [-0.39, 0.29) is 17.5 Å². The van der Waals surface area contributed by atoms with Crippen LogP contribution in [0.4, 0.5) is 5.95 Å². The average Bonchev–Trinajstić information content (AvgIpc) is 2.85. The molecular weight excluding hydrogens is 262 g/mol. The van der Waals surface area contributed by atoms with Crippen LogP contribution < -0.4 is 16.6 Å². The van der Waals surface area contributed by atoms with Gasteiger partial charge in [0.25, 0.3) is 5.56 Å². The summed E-state index contributed by atoms with van der Waals surface area (Å²) in [6, 6.07) is 0. The van der Waals surface area contributed by atoms with Gasteiger partial charge in [0.05, 0.1) is 0 Å². The van der Waals surface area contributed by atoms with Crippen LogP contribution in [0.5, 0.6) is 0 Å². The van der Waals surface area contributed by atoms with E-state index in [2.05, 4.69) is 15.3 Å². The minimum atomic E-state index is -0.420. The highest BCUT2D eigenvalue weighted by Gasteiger charge is 2.18. The second kappa shape index (κ2) is 4.78. The Labute approximate surface area is 115 Å². The Balaban J connectivity index is 2.45. The van der Waals surface area contributed by atoms with E-state index in [1.807, 2.05) is 13.8 Å². The summed E-state index contributed by atoms with van der Waals surface area (Å²) in [4.78, 5) is 30.9. The number of fused-ring (bicyclic) bond motifs is 1. The molecule has 0 aliphatic rings. The third-order valence-electron chi connectivity index (χ3n) is 3.26. The maximum absolute atomic E-state index is 12.0. The Morgan fingerprint density at radius 1 is 1.30 bits per heavy atom. The van der Waals surface area contributed by atoms with Crippen molar-refractivity contribution in [3.63, 3.8) is 0 Å². The van der Waals surface area contributed by atoms with Gasteiger partial charge >= 0.3 is 5.69 Å². The van der Waals surface area contributed by atoms with Crippen LogP contribution in [0.1, 0.15) is 13.8 Å². The van der Waals surface area contributed by atoms with Gasteiger partial charge in [-0.15, -0.1) is 0 Å². The molecule has 2 aromatic heterocycles. The van der Waals surface area contributed by atoms with Gasteiger partial charge in [-0.05, 0) is 0 Å². The highest BCUT2D eigenvalue weighted by atomic mass is 16.3. The lowest BCUT2D eigenvalue weighted by Crippen LogP contribution is -2.36. The van der Waals surface area contributed by atoms with E-state index in [0.717, 1.165) is 4.57 Å². The zero-order valence-electron chi connectivity index (χ0n) is 12.0. The van der Waals surface area contributed by atoms with E-state index in [4.69, 9.17) is 0 Å². The van der Waals surface area contributed by atoms with Crippen LogP contribution in [0.25, 0.3) is 11.2 Å². The first-order valence-corrected chi connectivity index (χ1v) is 6.27. The molecule has 2 aromatic rings. The van der Waals surface area contributed by atoms with Gasteiger partial charge in [0.15, 0.2) is 11.2 Å². The van der Waals surface area contributed by atoms with Crippen molar-refractivity contribution in [3.05, 3.63) is 20.8 Å². The van der Waals surface area contributed by atoms with Crippen LogP contribution in [0, 0.1) is 5.41 Å². The molecule has 110 valence electrons. The average molecular weight is 281 g/mol. The molecule has 8 heteroatoms. The molecule has 3 N–H and O–H groups in total. The van der Waals surface area contributed by atoms with Gasteiger partial charge < -0.3 is 15.4 Å². The molecule has 0 spiro atoms. The molecule has 0 aromatic carbocycles. The molecule has 20 heavy (non-hydrogen) atoms. The smallest absolute Gasteiger partial charge is 0.332 e. The van der Waals surface area contributed by atoms with E-state index in [9.17, 15) is 14.7 Å². The van der Waals surface area contributed by atoms with Crippen molar-refractivity contribution in [2.75, 3.05) is 18.5 Å². The fourth-order valence-electron chi connectivity index (χ4n) is 1.79. The summed E-state index contributed by atoms with van der Waals surface area (Å²) >= 11 is 0. The predicted octanol–water partition coefficient (Wildman–Crippen LogP) is -0.609. The summed E-state index contributed by atoms with van der Waals surface area (Å²) in [5, 5.41) is 12.2. The lowest BCUT2D eigenvalue weighted by atomic mass is 9.95. The van der Waals surface area contributed by atoms with E-state index in [1.165, 1.54) is 11.6 Å². The van der Waals surface area contributed by atoms with Crippen molar-refractivity contribution < 1.29 is 5.11 Å². The van der Waals surface area contributed by atoms with Crippen molar-refractivity contribution >= 4 is 17.1 Å². The van der Waals surface area contributed by atoms with Gasteiger partial charge in [0, 0.05) is 32.7 Å². The molecule has 2 heterocycles. The Kier molecular flexibility index (Phi) is 3.43.